The fourth-order valence-electron chi connectivity index (χ4n) is 1.76. The van der Waals surface area contributed by atoms with E-state index in [1.807, 2.05) is 18.7 Å². The van der Waals surface area contributed by atoms with Crippen LogP contribution in [0.4, 0.5) is 0 Å². The third kappa shape index (κ3) is 2.41. The van der Waals surface area contributed by atoms with Crippen LogP contribution in [-0.2, 0) is 7.05 Å². The van der Waals surface area contributed by atoms with Crippen LogP contribution in [0.15, 0.2) is 16.9 Å². The van der Waals surface area contributed by atoms with E-state index in [9.17, 15) is 4.79 Å². The van der Waals surface area contributed by atoms with Crippen molar-refractivity contribution < 1.29 is 0 Å². The largest absolute Gasteiger partial charge is 0.286 e. The predicted octanol–water partition coefficient (Wildman–Crippen LogP) is 2.55. The van der Waals surface area contributed by atoms with Crippen LogP contribution in [0.3, 0.4) is 0 Å². The van der Waals surface area contributed by atoms with Gasteiger partial charge in [0.15, 0.2) is 0 Å². The van der Waals surface area contributed by atoms with E-state index in [4.69, 9.17) is 0 Å². The van der Waals surface area contributed by atoms with Crippen molar-refractivity contribution in [2.75, 3.05) is 0 Å². The monoisotopic (exact) mass is 208 g/mol. The summed E-state index contributed by atoms with van der Waals surface area (Å²) >= 11 is 0. The molecule has 0 fully saturated rings. The van der Waals surface area contributed by atoms with E-state index in [0.29, 0.717) is 0 Å². The summed E-state index contributed by atoms with van der Waals surface area (Å²) in [6, 6.07) is 1.68. The van der Waals surface area contributed by atoms with E-state index in [-0.39, 0.29) is 5.56 Å². The number of aryl methyl sites for hydroxylation is 1. The average Bonchev–Trinajstić information content (AvgIpc) is 2.41. The first-order valence-corrected chi connectivity index (χ1v) is 5.56. The van der Waals surface area contributed by atoms with E-state index in [2.05, 4.69) is 19.9 Å². The molecular formula is C12H20N2O. The lowest BCUT2D eigenvalue weighted by molar-refractivity contribution is 0.623. The molecule has 0 bridgehead atoms. The zero-order valence-electron chi connectivity index (χ0n) is 10.1. The molecule has 0 saturated carbocycles. The first kappa shape index (κ1) is 11.8. The van der Waals surface area contributed by atoms with Crippen molar-refractivity contribution in [3.05, 3.63) is 28.2 Å². The SMILES string of the molecule is CC/C=C(\CCC)n1c(=O)cc(C)n1C. The molecule has 0 aliphatic heterocycles. The van der Waals surface area contributed by atoms with Gasteiger partial charge in [-0.1, -0.05) is 26.3 Å². The Morgan fingerprint density at radius 3 is 2.53 bits per heavy atom. The number of hydrogen-bond donors (Lipinski definition) is 0. The van der Waals surface area contributed by atoms with Gasteiger partial charge < -0.3 is 0 Å². The Labute approximate surface area is 91.0 Å². The van der Waals surface area contributed by atoms with Crippen molar-refractivity contribution >= 4 is 5.70 Å². The molecule has 0 saturated heterocycles. The summed E-state index contributed by atoms with van der Waals surface area (Å²) in [5.41, 5.74) is 2.18. The van der Waals surface area contributed by atoms with Crippen LogP contribution in [0.2, 0.25) is 0 Å². The van der Waals surface area contributed by atoms with Crippen molar-refractivity contribution in [3.63, 3.8) is 0 Å². The molecule has 0 aromatic carbocycles. The molecular weight excluding hydrogens is 188 g/mol. The van der Waals surface area contributed by atoms with Crippen LogP contribution < -0.4 is 5.56 Å². The molecule has 0 N–H and O–H groups in total. The zero-order chi connectivity index (χ0) is 11.4. The molecule has 0 atom stereocenters. The Hall–Kier alpha value is -1.25. The summed E-state index contributed by atoms with van der Waals surface area (Å²) in [5, 5.41) is 0. The van der Waals surface area contributed by atoms with Gasteiger partial charge in [0.25, 0.3) is 5.56 Å². The van der Waals surface area contributed by atoms with E-state index >= 15 is 0 Å². The number of nitrogens with zero attached hydrogens (tertiary/aromatic N) is 2. The van der Waals surface area contributed by atoms with E-state index in [0.717, 1.165) is 30.7 Å². The van der Waals surface area contributed by atoms with Crippen LogP contribution in [-0.4, -0.2) is 9.36 Å². The molecule has 15 heavy (non-hydrogen) atoms. The summed E-state index contributed by atoms with van der Waals surface area (Å²) < 4.78 is 3.68. The first-order chi connectivity index (χ1) is 7.11. The van der Waals surface area contributed by atoms with E-state index in [1.54, 1.807) is 10.7 Å². The van der Waals surface area contributed by atoms with Gasteiger partial charge in [-0.25, -0.2) is 4.68 Å². The highest BCUT2D eigenvalue weighted by Crippen LogP contribution is 2.11. The molecule has 1 aromatic rings. The van der Waals surface area contributed by atoms with Gasteiger partial charge in [0, 0.05) is 24.5 Å². The maximum atomic E-state index is 11.8. The van der Waals surface area contributed by atoms with Crippen LogP contribution in [0.1, 0.15) is 38.8 Å². The normalized spacial score (nSPS) is 12.1. The van der Waals surface area contributed by atoms with Gasteiger partial charge >= 0.3 is 0 Å². The molecule has 0 amide bonds. The molecule has 0 aliphatic carbocycles. The molecule has 3 nitrogen and oxygen atoms in total. The average molecular weight is 208 g/mol. The van der Waals surface area contributed by atoms with Crippen LogP contribution >= 0.6 is 0 Å². The van der Waals surface area contributed by atoms with Crippen LogP contribution in [0.5, 0.6) is 0 Å². The number of allylic oxidation sites excluding steroid dienone is 2. The fraction of sp³-hybridized carbons (Fsp3) is 0.583. The van der Waals surface area contributed by atoms with Crippen molar-refractivity contribution in [3.8, 4) is 0 Å². The lowest BCUT2D eigenvalue weighted by Gasteiger charge is -2.11. The fourth-order valence-corrected chi connectivity index (χ4v) is 1.76. The minimum absolute atomic E-state index is 0.0724. The van der Waals surface area contributed by atoms with Gasteiger partial charge in [-0.2, -0.15) is 0 Å². The van der Waals surface area contributed by atoms with Gasteiger partial charge in [-0.05, 0) is 19.8 Å². The lowest BCUT2D eigenvalue weighted by Crippen LogP contribution is -2.20. The van der Waals surface area contributed by atoms with Gasteiger partial charge in [-0.15, -0.1) is 0 Å². The van der Waals surface area contributed by atoms with Crippen molar-refractivity contribution in [2.45, 2.75) is 40.0 Å². The van der Waals surface area contributed by atoms with Gasteiger partial charge in [-0.3, -0.25) is 9.48 Å². The highest BCUT2D eigenvalue weighted by molar-refractivity contribution is 5.43. The minimum atomic E-state index is 0.0724. The summed E-state index contributed by atoms with van der Waals surface area (Å²) in [5.74, 6) is 0. The topological polar surface area (TPSA) is 26.9 Å². The van der Waals surface area contributed by atoms with Gasteiger partial charge in [0.05, 0.1) is 0 Å². The molecule has 1 aromatic heterocycles. The van der Waals surface area contributed by atoms with Crippen LogP contribution in [0, 0.1) is 6.92 Å². The number of hydrogen-bond acceptors (Lipinski definition) is 1. The Morgan fingerprint density at radius 2 is 2.13 bits per heavy atom. The molecule has 1 rings (SSSR count). The standard InChI is InChI=1S/C12H20N2O/c1-5-7-11(8-6-2)14-12(15)9-10(3)13(14)4/h7,9H,5-6,8H2,1-4H3/b11-7+. The lowest BCUT2D eigenvalue weighted by atomic mass is 10.2. The minimum Gasteiger partial charge on any atom is -0.286 e. The molecule has 0 radical (unpaired) electrons. The summed E-state index contributed by atoms with van der Waals surface area (Å²) in [4.78, 5) is 11.8. The Morgan fingerprint density at radius 1 is 1.47 bits per heavy atom. The molecule has 84 valence electrons. The summed E-state index contributed by atoms with van der Waals surface area (Å²) in [6.45, 7) is 6.17. The maximum Gasteiger partial charge on any atom is 0.271 e. The predicted molar refractivity (Wildman–Crippen MR) is 63.9 cm³/mol. The molecule has 0 unspecified atom stereocenters. The molecule has 3 heteroatoms. The van der Waals surface area contributed by atoms with Gasteiger partial charge in [0.1, 0.15) is 0 Å². The van der Waals surface area contributed by atoms with Crippen molar-refractivity contribution in [1.29, 1.82) is 0 Å². The summed E-state index contributed by atoms with van der Waals surface area (Å²) in [7, 11) is 1.93. The Kier molecular flexibility index (Phi) is 3.95. The highest BCUT2D eigenvalue weighted by Gasteiger charge is 2.08. The Balaban J connectivity index is 3.22. The maximum absolute atomic E-state index is 11.8. The summed E-state index contributed by atoms with van der Waals surface area (Å²) in [6.07, 6.45) is 5.10. The van der Waals surface area contributed by atoms with E-state index < -0.39 is 0 Å². The molecule has 0 aliphatic rings. The van der Waals surface area contributed by atoms with Crippen molar-refractivity contribution in [2.24, 2.45) is 7.05 Å². The quantitative estimate of drug-likeness (QED) is 0.747. The second-order valence-corrected chi connectivity index (χ2v) is 3.81. The second-order valence-electron chi connectivity index (χ2n) is 3.81. The highest BCUT2D eigenvalue weighted by atomic mass is 16.1. The molecule has 0 spiro atoms. The van der Waals surface area contributed by atoms with Crippen LogP contribution in [0.25, 0.3) is 5.70 Å². The van der Waals surface area contributed by atoms with Gasteiger partial charge in [0.2, 0.25) is 0 Å². The number of rotatable bonds is 4. The zero-order valence-corrected chi connectivity index (χ0v) is 10.1. The van der Waals surface area contributed by atoms with E-state index in [1.165, 1.54) is 0 Å². The molecule has 1 heterocycles. The first-order valence-electron chi connectivity index (χ1n) is 5.56. The number of aromatic nitrogens is 2. The van der Waals surface area contributed by atoms with Crippen molar-refractivity contribution in [1.82, 2.24) is 9.36 Å². The second kappa shape index (κ2) is 5.01. The smallest absolute Gasteiger partial charge is 0.271 e. The Bertz CT molecular complexity index is 410. The third-order valence-corrected chi connectivity index (χ3v) is 2.57. The third-order valence-electron chi connectivity index (χ3n) is 2.57.